The summed E-state index contributed by atoms with van der Waals surface area (Å²) in [5, 5.41) is 27.1. The van der Waals surface area contributed by atoms with Crippen LogP contribution in [0.2, 0.25) is 7.86 Å². The Morgan fingerprint density at radius 3 is 1.17 bits per heavy atom. The minimum atomic E-state index is -1.05. The van der Waals surface area contributed by atoms with Crippen molar-refractivity contribution in [3.63, 3.8) is 0 Å². The molecule has 0 amide bonds. The molecule has 2 unspecified atom stereocenters. The van der Waals surface area contributed by atoms with Crippen LogP contribution < -0.4 is 28.4 Å². The van der Waals surface area contributed by atoms with Gasteiger partial charge in [-0.2, -0.15) is 0 Å². The first-order valence-electron chi connectivity index (χ1n) is 12.5. The van der Waals surface area contributed by atoms with Crippen LogP contribution in [0, 0.1) is 0 Å². The predicted molar refractivity (Wildman–Crippen MR) is 140 cm³/mol. The molecule has 0 aliphatic carbocycles. The fourth-order valence-corrected chi connectivity index (χ4v) is 6.76. The molecular formula is C27H36Hg2O12. The van der Waals surface area contributed by atoms with Gasteiger partial charge >= 0.3 is 113 Å². The third-order valence-corrected chi connectivity index (χ3v) is 10.9. The van der Waals surface area contributed by atoms with Crippen LogP contribution in [0.4, 0.5) is 0 Å². The number of aliphatic hydroxyl groups excluding tert-OH is 1. The van der Waals surface area contributed by atoms with Crippen molar-refractivity contribution >= 4 is 11.9 Å². The van der Waals surface area contributed by atoms with E-state index in [2.05, 4.69) is 0 Å². The van der Waals surface area contributed by atoms with Gasteiger partial charge in [0.2, 0.25) is 11.5 Å². The van der Waals surface area contributed by atoms with Crippen molar-refractivity contribution in [3.8, 4) is 34.5 Å². The first-order chi connectivity index (χ1) is 19.5. The summed E-state index contributed by atoms with van der Waals surface area (Å²) in [4.78, 5) is 21.6. The molecule has 41 heavy (non-hydrogen) atoms. The van der Waals surface area contributed by atoms with E-state index in [-0.39, 0.29) is 17.2 Å². The second kappa shape index (κ2) is 19.2. The van der Waals surface area contributed by atoms with Gasteiger partial charge < -0.3 is 38.6 Å². The summed E-state index contributed by atoms with van der Waals surface area (Å²) < 4.78 is 38.4. The van der Waals surface area contributed by atoms with Crippen molar-refractivity contribution in [2.75, 3.05) is 42.7 Å². The molecule has 1 aliphatic rings. The topological polar surface area (TPSA) is 159 Å². The van der Waals surface area contributed by atoms with E-state index in [1.165, 1.54) is 74.8 Å². The maximum atomic E-state index is 10.8. The number of aromatic carboxylic acids is 2. The van der Waals surface area contributed by atoms with E-state index in [4.69, 9.17) is 43.4 Å². The monoisotopic (exact) mass is 956 g/mol. The molecule has 1 fully saturated rings. The molecule has 0 saturated carbocycles. The quantitative estimate of drug-likeness (QED) is 0.298. The first-order valence-corrected chi connectivity index (χ1v) is 20.3. The molecule has 1 saturated heterocycles. The van der Waals surface area contributed by atoms with Crippen LogP contribution in [0.5, 0.6) is 34.5 Å². The number of ether oxygens (including phenoxy) is 7. The second-order valence-corrected chi connectivity index (χ2v) is 13.0. The zero-order chi connectivity index (χ0) is 31.1. The Kier molecular flexibility index (Phi) is 17.3. The van der Waals surface area contributed by atoms with Crippen LogP contribution in [-0.4, -0.2) is 88.2 Å². The fourth-order valence-electron chi connectivity index (χ4n) is 3.87. The maximum absolute atomic E-state index is 10.8. The predicted octanol–water partition coefficient (Wildman–Crippen LogP) is 3.65. The Labute approximate surface area is 272 Å². The normalized spacial score (nSPS) is 17.5. The summed E-state index contributed by atoms with van der Waals surface area (Å²) in [6, 6.07) is 5.51. The molecule has 3 N–H and O–H groups in total. The first kappa shape index (κ1) is 37.0. The van der Waals surface area contributed by atoms with Crippen LogP contribution in [0.1, 0.15) is 33.6 Å². The van der Waals surface area contributed by atoms with E-state index in [1.807, 2.05) is 0 Å². The zero-order valence-electron chi connectivity index (χ0n) is 24.3. The number of aliphatic hydroxyl groups is 1. The average Bonchev–Trinajstić information content (AvgIpc) is 2.99. The van der Waals surface area contributed by atoms with Gasteiger partial charge in [-0.1, -0.05) is 0 Å². The standard InChI is InChI=1S/2C10H12O5.C7H12O2.2Hg/c2*1-13-7-4-6(10(11)12)5-8(14-2)9(7)15-3;1-5-3-7(8)4-6(2)9-5;;/h2*4-5H,1-3H3,(H,11,12);5-8H,1-4H2;;. The van der Waals surface area contributed by atoms with E-state index >= 15 is 0 Å². The Balaban J connectivity index is 0.000000312. The van der Waals surface area contributed by atoms with Gasteiger partial charge in [0.25, 0.3) is 0 Å². The average molecular weight is 954 g/mol. The second-order valence-electron chi connectivity index (χ2n) is 8.52. The van der Waals surface area contributed by atoms with Gasteiger partial charge in [-0.25, -0.2) is 9.59 Å². The van der Waals surface area contributed by atoms with Crippen LogP contribution >= 0.6 is 0 Å². The molecule has 0 bridgehead atoms. The number of hydrogen-bond donors (Lipinski definition) is 3. The summed E-state index contributed by atoms with van der Waals surface area (Å²) in [5.74, 6) is -0.0227. The SMILES string of the molecule is COc1cc(C(=O)O)cc(OC)c1OC.COc1cc(C(=O)O)cc(OC)c1OC.OC1CC([CH2][Hg])OC([CH2][Hg])C1. The van der Waals surface area contributed by atoms with Gasteiger partial charge in [0.1, 0.15) is 0 Å². The zero-order valence-corrected chi connectivity index (χ0v) is 35.3. The van der Waals surface area contributed by atoms with Crippen molar-refractivity contribution in [2.45, 2.75) is 39.0 Å². The number of methoxy groups -OCH3 is 6. The molecule has 1 heterocycles. The van der Waals surface area contributed by atoms with Crippen molar-refractivity contribution in [2.24, 2.45) is 0 Å². The number of carboxylic acid groups (broad SMARTS) is 2. The molecule has 0 radical (unpaired) electrons. The summed E-state index contributed by atoms with van der Waals surface area (Å²) in [6.45, 7) is 0. The number of hydrogen-bond acceptors (Lipinski definition) is 10. The number of carboxylic acids is 2. The van der Waals surface area contributed by atoms with E-state index in [1.54, 1.807) is 0 Å². The molecule has 12 nitrogen and oxygen atoms in total. The molecule has 2 aromatic carbocycles. The van der Waals surface area contributed by atoms with E-state index < -0.39 is 11.9 Å². The molecule has 0 aromatic heterocycles. The number of benzene rings is 2. The van der Waals surface area contributed by atoms with Crippen molar-refractivity contribution in [1.29, 1.82) is 0 Å². The summed E-state index contributed by atoms with van der Waals surface area (Å²) >= 11 is 1.65. The third-order valence-electron chi connectivity index (χ3n) is 5.92. The van der Waals surface area contributed by atoms with E-state index in [0.29, 0.717) is 46.7 Å². The van der Waals surface area contributed by atoms with Crippen molar-refractivity contribution in [3.05, 3.63) is 35.4 Å². The summed E-state index contributed by atoms with van der Waals surface area (Å²) in [6.07, 6.45) is 2.55. The molecule has 2 atom stereocenters. The van der Waals surface area contributed by atoms with Crippen LogP contribution in [0.25, 0.3) is 0 Å². The Morgan fingerprint density at radius 2 is 0.976 bits per heavy atom. The van der Waals surface area contributed by atoms with Gasteiger partial charge in [-0.3, -0.25) is 0 Å². The van der Waals surface area contributed by atoms with Crippen molar-refractivity contribution in [1.82, 2.24) is 0 Å². The van der Waals surface area contributed by atoms with Crippen LogP contribution in [0.15, 0.2) is 24.3 Å². The summed E-state index contributed by atoms with van der Waals surface area (Å²) in [5.41, 5.74) is 0.175. The minimum absolute atomic E-state index is 0.0640. The van der Waals surface area contributed by atoms with Gasteiger partial charge in [0.05, 0.1) is 53.8 Å². The molecular weight excluding hydrogens is 917 g/mol. The number of rotatable bonds is 10. The molecule has 3 rings (SSSR count). The molecule has 0 spiro atoms. The molecule has 220 valence electrons. The summed E-state index contributed by atoms with van der Waals surface area (Å²) in [7, 11) is 8.65. The van der Waals surface area contributed by atoms with Gasteiger partial charge in [0, 0.05) is 0 Å². The van der Waals surface area contributed by atoms with Gasteiger partial charge in [-0.05, 0) is 24.3 Å². The Morgan fingerprint density at radius 1 is 0.683 bits per heavy atom. The Bertz CT molecular complexity index is 992. The number of carbonyl (C=O) groups is 2. The van der Waals surface area contributed by atoms with Gasteiger partial charge in [-0.15, -0.1) is 0 Å². The Hall–Kier alpha value is -2.03. The van der Waals surface area contributed by atoms with E-state index in [0.717, 1.165) is 65.1 Å². The molecule has 1 aliphatic heterocycles. The molecule has 14 heteroatoms. The van der Waals surface area contributed by atoms with E-state index in [9.17, 15) is 14.7 Å². The van der Waals surface area contributed by atoms with Crippen LogP contribution in [-0.2, 0) is 57.0 Å². The molecule has 2 aromatic rings. The van der Waals surface area contributed by atoms with Crippen LogP contribution in [0.3, 0.4) is 0 Å². The fraction of sp³-hybridized carbons (Fsp3) is 0.481. The third kappa shape index (κ3) is 11.3. The van der Waals surface area contributed by atoms with Crippen molar-refractivity contribution < 1.29 is 110 Å². The van der Waals surface area contributed by atoms with Gasteiger partial charge in [0.15, 0.2) is 23.0 Å².